The van der Waals surface area contributed by atoms with E-state index in [0.717, 1.165) is 12.8 Å². The molecule has 34 heavy (non-hydrogen) atoms. The lowest BCUT2D eigenvalue weighted by atomic mass is 9.99. The molecule has 1 amide bonds. The van der Waals surface area contributed by atoms with Crippen molar-refractivity contribution in [3.63, 3.8) is 0 Å². The van der Waals surface area contributed by atoms with Crippen LogP contribution in [0.1, 0.15) is 51.4 Å². The quantitative estimate of drug-likeness (QED) is 0.435. The SMILES string of the molecule is O=C(NC1C[C@H]2CC[C@@H](C1)N2S(=O)(=O)CC1CCN(CCCC(F)(F)F)CC1)OCC(Cl)(Cl)Cl. The Labute approximate surface area is 213 Å². The van der Waals surface area contributed by atoms with Gasteiger partial charge in [0.05, 0.1) is 5.75 Å². The van der Waals surface area contributed by atoms with E-state index in [2.05, 4.69) is 5.32 Å². The minimum Gasteiger partial charge on any atom is -0.445 e. The predicted octanol–water partition coefficient (Wildman–Crippen LogP) is 4.46. The van der Waals surface area contributed by atoms with E-state index in [-0.39, 0.29) is 42.8 Å². The van der Waals surface area contributed by atoms with Crippen LogP contribution in [0.3, 0.4) is 0 Å². The highest BCUT2D eigenvalue weighted by molar-refractivity contribution is 7.89. The molecule has 14 heteroatoms. The smallest absolute Gasteiger partial charge is 0.407 e. The first kappa shape index (κ1) is 28.4. The van der Waals surface area contributed by atoms with Crippen LogP contribution in [0.5, 0.6) is 0 Å². The van der Waals surface area contributed by atoms with Crippen molar-refractivity contribution in [3.05, 3.63) is 0 Å². The Morgan fingerprint density at radius 1 is 1.03 bits per heavy atom. The zero-order chi connectivity index (χ0) is 25.1. The molecule has 2 bridgehead atoms. The third-order valence-corrected chi connectivity index (χ3v) is 9.22. The van der Waals surface area contributed by atoms with Gasteiger partial charge in [-0.05, 0) is 70.5 Å². The number of ether oxygens (including phenoxy) is 1. The number of alkyl carbamates (subject to hydrolysis) is 1. The second-order valence-corrected chi connectivity index (χ2v) is 13.9. The molecule has 3 heterocycles. The molecular formula is C20H31Cl3F3N3O4S. The molecule has 0 radical (unpaired) electrons. The summed E-state index contributed by atoms with van der Waals surface area (Å²) in [6.07, 6.45) is -1.77. The highest BCUT2D eigenvalue weighted by Gasteiger charge is 2.47. The first-order valence-corrected chi connectivity index (χ1v) is 14.3. The summed E-state index contributed by atoms with van der Waals surface area (Å²) in [4.78, 5) is 14.0. The lowest BCUT2D eigenvalue weighted by Crippen LogP contribution is -2.53. The number of fused-ring (bicyclic) bond motifs is 2. The summed E-state index contributed by atoms with van der Waals surface area (Å²) in [6.45, 7) is 1.23. The van der Waals surface area contributed by atoms with Crippen molar-refractivity contribution < 1.29 is 31.1 Å². The number of carbonyl (C=O) groups is 1. The highest BCUT2D eigenvalue weighted by atomic mass is 35.6. The van der Waals surface area contributed by atoms with Gasteiger partial charge in [-0.1, -0.05) is 34.8 Å². The van der Waals surface area contributed by atoms with Gasteiger partial charge < -0.3 is 15.0 Å². The van der Waals surface area contributed by atoms with Crippen molar-refractivity contribution in [3.8, 4) is 0 Å². The first-order valence-electron chi connectivity index (χ1n) is 11.5. The maximum Gasteiger partial charge on any atom is 0.407 e. The van der Waals surface area contributed by atoms with E-state index in [1.165, 1.54) is 0 Å². The maximum atomic E-state index is 13.3. The molecule has 0 aromatic carbocycles. The number of likely N-dealkylation sites (tertiary alicyclic amines) is 1. The molecule has 0 aromatic heterocycles. The van der Waals surface area contributed by atoms with Gasteiger partial charge in [0.15, 0.2) is 0 Å². The van der Waals surface area contributed by atoms with Gasteiger partial charge in [0, 0.05) is 24.5 Å². The lowest BCUT2D eigenvalue weighted by Gasteiger charge is -2.39. The van der Waals surface area contributed by atoms with Gasteiger partial charge in [-0.3, -0.25) is 0 Å². The summed E-state index contributed by atoms with van der Waals surface area (Å²) < 4.78 is 68.3. The van der Waals surface area contributed by atoms with E-state index in [1.54, 1.807) is 4.31 Å². The van der Waals surface area contributed by atoms with Crippen LogP contribution in [0.15, 0.2) is 0 Å². The van der Waals surface area contributed by atoms with Crippen LogP contribution < -0.4 is 5.32 Å². The van der Waals surface area contributed by atoms with Crippen molar-refractivity contribution in [1.29, 1.82) is 0 Å². The normalized spacial score (nSPS) is 27.6. The van der Waals surface area contributed by atoms with Crippen molar-refractivity contribution in [2.45, 2.75) is 79.5 Å². The van der Waals surface area contributed by atoms with E-state index in [1.807, 2.05) is 4.90 Å². The summed E-state index contributed by atoms with van der Waals surface area (Å²) >= 11 is 16.7. The van der Waals surface area contributed by atoms with Crippen LogP contribution in [-0.4, -0.2) is 83.8 Å². The molecule has 1 N–H and O–H groups in total. The zero-order valence-corrected chi connectivity index (χ0v) is 21.8. The molecule has 3 rings (SSSR count). The number of piperidine rings is 2. The predicted molar refractivity (Wildman–Crippen MR) is 125 cm³/mol. The van der Waals surface area contributed by atoms with E-state index in [4.69, 9.17) is 39.5 Å². The Bertz CT molecular complexity index is 791. The molecule has 0 aromatic rings. The summed E-state index contributed by atoms with van der Waals surface area (Å²) in [6, 6.07) is -0.568. The van der Waals surface area contributed by atoms with E-state index >= 15 is 0 Å². The van der Waals surface area contributed by atoms with Crippen LogP contribution in [0, 0.1) is 5.92 Å². The van der Waals surface area contributed by atoms with E-state index < -0.39 is 32.5 Å². The molecule has 7 nitrogen and oxygen atoms in total. The number of alkyl halides is 6. The van der Waals surface area contributed by atoms with Crippen LogP contribution in [-0.2, 0) is 14.8 Å². The molecular weight excluding hydrogens is 542 g/mol. The summed E-state index contributed by atoms with van der Waals surface area (Å²) in [5.74, 6) is 0.0516. The fourth-order valence-electron chi connectivity index (χ4n) is 5.33. The number of hydrogen-bond acceptors (Lipinski definition) is 5. The zero-order valence-electron chi connectivity index (χ0n) is 18.7. The molecule has 0 aliphatic carbocycles. The topological polar surface area (TPSA) is 79.0 Å². The minimum absolute atomic E-state index is 0.00369. The number of nitrogens with zero attached hydrogens (tertiary/aromatic N) is 2. The number of carbonyl (C=O) groups excluding carboxylic acids is 1. The van der Waals surface area contributed by atoms with Crippen molar-refractivity contribution >= 4 is 50.9 Å². The molecule has 0 spiro atoms. The van der Waals surface area contributed by atoms with Gasteiger partial charge in [0.1, 0.15) is 6.61 Å². The molecule has 3 aliphatic heterocycles. The van der Waals surface area contributed by atoms with Crippen molar-refractivity contribution in [1.82, 2.24) is 14.5 Å². The Kier molecular flexibility index (Phi) is 9.56. The van der Waals surface area contributed by atoms with Gasteiger partial charge in [-0.25, -0.2) is 13.2 Å². The fourth-order valence-corrected chi connectivity index (χ4v) is 7.88. The van der Waals surface area contributed by atoms with Crippen LogP contribution in [0.4, 0.5) is 18.0 Å². The monoisotopic (exact) mass is 571 g/mol. The number of hydrogen-bond donors (Lipinski definition) is 1. The first-order chi connectivity index (χ1) is 15.7. The Hall–Kier alpha value is -0.200. The molecule has 1 unspecified atom stereocenters. The second-order valence-electron chi connectivity index (χ2n) is 9.50. The van der Waals surface area contributed by atoms with Crippen LogP contribution in [0.2, 0.25) is 0 Å². The Morgan fingerprint density at radius 3 is 2.15 bits per heavy atom. The molecule has 0 saturated carbocycles. The highest BCUT2D eigenvalue weighted by Crippen LogP contribution is 2.39. The molecule has 3 fully saturated rings. The summed E-state index contributed by atoms with van der Waals surface area (Å²) in [7, 11) is -3.48. The third-order valence-electron chi connectivity index (χ3n) is 6.76. The minimum atomic E-state index is -4.14. The Morgan fingerprint density at radius 2 is 1.62 bits per heavy atom. The second kappa shape index (κ2) is 11.5. The Balaban J connectivity index is 1.44. The third kappa shape index (κ3) is 8.73. The van der Waals surface area contributed by atoms with Gasteiger partial charge in [0.2, 0.25) is 13.8 Å². The van der Waals surface area contributed by atoms with Gasteiger partial charge in [-0.15, -0.1) is 0 Å². The largest absolute Gasteiger partial charge is 0.445 e. The molecule has 3 atom stereocenters. The van der Waals surface area contributed by atoms with Gasteiger partial charge in [0.25, 0.3) is 0 Å². The van der Waals surface area contributed by atoms with Gasteiger partial charge in [-0.2, -0.15) is 17.5 Å². The van der Waals surface area contributed by atoms with Crippen LogP contribution >= 0.6 is 34.8 Å². The van der Waals surface area contributed by atoms with Crippen LogP contribution in [0.25, 0.3) is 0 Å². The number of nitrogens with one attached hydrogen (secondary N) is 1. The fraction of sp³-hybridized carbons (Fsp3) is 0.950. The van der Waals surface area contributed by atoms with Gasteiger partial charge >= 0.3 is 12.3 Å². The molecule has 3 aliphatic rings. The summed E-state index contributed by atoms with van der Waals surface area (Å²) in [5.41, 5.74) is 0. The average Bonchev–Trinajstić information content (AvgIpc) is 2.99. The molecule has 3 saturated heterocycles. The number of halogens is 6. The van der Waals surface area contributed by atoms with Crippen molar-refractivity contribution in [2.75, 3.05) is 32.0 Å². The summed E-state index contributed by atoms with van der Waals surface area (Å²) in [5, 5.41) is 2.74. The van der Waals surface area contributed by atoms with E-state index in [0.29, 0.717) is 45.3 Å². The van der Waals surface area contributed by atoms with E-state index in [9.17, 15) is 26.4 Å². The number of amides is 1. The lowest BCUT2D eigenvalue weighted by molar-refractivity contribution is -0.136. The average molecular weight is 573 g/mol. The number of rotatable bonds is 8. The maximum absolute atomic E-state index is 13.3. The van der Waals surface area contributed by atoms with Crippen molar-refractivity contribution in [2.24, 2.45) is 5.92 Å². The molecule has 198 valence electrons. The standard InChI is InChI=1S/C20H31Cl3F3N3O4S/c21-19(22,23)13-33-18(30)27-15-10-16-2-3-17(11-15)29(16)34(31,32)12-14-4-8-28(9-5-14)7-1-6-20(24,25)26/h14-17H,1-13H2,(H,27,30)/t15?,16-,17+. The number of sulfonamides is 1.